The summed E-state index contributed by atoms with van der Waals surface area (Å²) in [7, 11) is 1.36. The molecule has 0 saturated heterocycles. The molecule has 102 valence electrons. The number of hydrogen-bond donors (Lipinski definition) is 0. The van der Waals surface area contributed by atoms with Crippen LogP contribution in [0.4, 0.5) is 0 Å². The normalized spacial score (nSPS) is 17.7. The highest BCUT2D eigenvalue weighted by molar-refractivity contribution is 6.08. The predicted octanol–water partition coefficient (Wildman–Crippen LogP) is 3.24. The van der Waals surface area contributed by atoms with Crippen molar-refractivity contribution in [3.05, 3.63) is 35.9 Å². The topological polar surface area (TPSA) is 43.4 Å². The van der Waals surface area contributed by atoms with E-state index in [1.807, 2.05) is 18.2 Å². The Morgan fingerprint density at radius 1 is 1.11 bits per heavy atom. The van der Waals surface area contributed by atoms with Gasteiger partial charge in [-0.2, -0.15) is 0 Å². The highest BCUT2D eigenvalue weighted by atomic mass is 16.5. The summed E-state index contributed by atoms with van der Waals surface area (Å²) in [6.45, 7) is 0. The molecule has 0 spiro atoms. The Bertz CT molecular complexity index is 433. The van der Waals surface area contributed by atoms with E-state index in [9.17, 15) is 9.59 Å². The van der Waals surface area contributed by atoms with E-state index in [2.05, 4.69) is 0 Å². The first kappa shape index (κ1) is 13.8. The molecule has 1 aliphatic carbocycles. The summed E-state index contributed by atoms with van der Waals surface area (Å²) in [5, 5.41) is 0. The Labute approximate surface area is 114 Å². The molecule has 3 heteroatoms. The molecule has 1 unspecified atom stereocenters. The van der Waals surface area contributed by atoms with Gasteiger partial charge in [-0.25, -0.2) is 0 Å². The zero-order valence-corrected chi connectivity index (χ0v) is 11.3. The van der Waals surface area contributed by atoms with Crippen LogP contribution in [0.1, 0.15) is 42.5 Å². The van der Waals surface area contributed by atoms with Crippen molar-refractivity contribution in [3.63, 3.8) is 0 Å². The van der Waals surface area contributed by atoms with Crippen LogP contribution in [0.25, 0.3) is 0 Å². The second-order valence-electron chi connectivity index (χ2n) is 5.13. The molecular formula is C16H20O3. The van der Waals surface area contributed by atoms with Crippen molar-refractivity contribution in [2.75, 3.05) is 7.11 Å². The third-order valence-corrected chi connectivity index (χ3v) is 3.92. The Morgan fingerprint density at radius 2 is 1.74 bits per heavy atom. The highest BCUT2D eigenvalue weighted by Gasteiger charge is 2.36. The Balaban J connectivity index is 2.22. The van der Waals surface area contributed by atoms with E-state index in [1.165, 1.54) is 13.5 Å². The van der Waals surface area contributed by atoms with Crippen LogP contribution < -0.4 is 0 Å². The standard InChI is InChI=1S/C16H20O3/c1-19-16(18)14(12-8-4-2-5-9-12)15(17)13-10-6-3-7-11-13/h3,6-7,10-12,14H,2,4-5,8-9H2,1H3. The Morgan fingerprint density at radius 3 is 2.32 bits per heavy atom. The van der Waals surface area contributed by atoms with Crippen molar-refractivity contribution in [3.8, 4) is 0 Å². The number of carbonyl (C=O) groups is 2. The van der Waals surface area contributed by atoms with Gasteiger partial charge < -0.3 is 4.74 Å². The van der Waals surface area contributed by atoms with E-state index in [0.29, 0.717) is 5.56 Å². The Hall–Kier alpha value is -1.64. The summed E-state index contributed by atoms with van der Waals surface area (Å²) in [5.41, 5.74) is 0.600. The molecule has 1 aromatic carbocycles. The average Bonchev–Trinajstić information content (AvgIpc) is 2.49. The fourth-order valence-electron chi connectivity index (χ4n) is 2.89. The number of carbonyl (C=O) groups excluding carboxylic acids is 2. The number of esters is 1. The molecule has 0 bridgehead atoms. The van der Waals surface area contributed by atoms with Crippen molar-refractivity contribution in [1.29, 1.82) is 0 Å². The van der Waals surface area contributed by atoms with Crippen molar-refractivity contribution in [2.24, 2.45) is 11.8 Å². The molecule has 1 fully saturated rings. The Kier molecular flexibility index (Phi) is 4.72. The van der Waals surface area contributed by atoms with Crippen molar-refractivity contribution < 1.29 is 14.3 Å². The lowest BCUT2D eigenvalue weighted by atomic mass is 9.77. The largest absolute Gasteiger partial charge is 0.468 e. The fourth-order valence-corrected chi connectivity index (χ4v) is 2.89. The van der Waals surface area contributed by atoms with Gasteiger partial charge in [-0.15, -0.1) is 0 Å². The van der Waals surface area contributed by atoms with Gasteiger partial charge in [0.2, 0.25) is 0 Å². The van der Waals surface area contributed by atoms with Gasteiger partial charge in [0, 0.05) is 5.56 Å². The van der Waals surface area contributed by atoms with Crippen molar-refractivity contribution in [1.82, 2.24) is 0 Å². The van der Waals surface area contributed by atoms with Crippen LogP contribution in [0.3, 0.4) is 0 Å². The summed E-state index contributed by atoms with van der Waals surface area (Å²) < 4.78 is 4.85. The molecule has 0 aromatic heterocycles. The van der Waals surface area contributed by atoms with Crippen LogP contribution >= 0.6 is 0 Å². The quantitative estimate of drug-likeness (QED) is 0.474. The van der Waals surface area contributed by atoms with E-state index < -0.39 is 5.92 Å². The minimum absolute atomic E-state index is 0.0978. The van der Waals surface area contributed by atoms with Crippen LogP contribution in [0.15, 0.2) is 30.3 Å². The number of ketones is 1. The van der Waals surface area contributed by atoms with E-state index in [4.69, 9.17) is 4.74 Å². The molecule has 0 amide bonds. The van der Waals surface area contributed by atoms with Gasteiger partial charge in [0.25, 0.3) is 0 Å². The molecule has 19 heavy (non-hydrogen) atoms. The molecule has 0 heterocycles. The van der Waals surface area contributed by atoms with Gasteiger partial charge in [0.1, 0.15) is 5.92 Å². The van der Waals surface area contributed by atoms with Crippen molar-refractivity contribution in [2.45, 2.75) is 32.1 Å². The third kappa shape index (κ3) is 3.22. The predicted molar refractivity (Wildman–Crippen MR) is 72.9 cm³/mol. The zero-order valence-electron chi connectivity index (χ0n) is 11.3. The number of ether oxygens (including phenoxy) is 1. The fraction of sp³-hybridized carbons (Fsp3) is 0.500. The molecule has 1 atom stereocenters. The second-order valence-corrected chi connectivity index (χ2v) is 5.13. The first-order valence-corrected chi connectivity index (χ1v) is 6.91. The van der Waals surface area contributed by atoms with Crippen LogP contribution in [0.5, 0.6) is 0 Å². The minimum Gasteiger partial charge on any atom is -0.468 e. The van der Waals surface area contributed by atoms with E-state index in [-0.39, 0.29) is 17.7 Å². The maximum Gasteiger partial charge on any atom is 0.316 e. The van der Waals surface area contributed by atoms with Gasteiger partial charge in [-0.05, 0) is 18.8 Å². The lowest BCUT2D eigenvalue weighted by Gasteiger charge is -2.27. The second kappa shape index (κ2) is 6.50. The zero-order chi connectivity index (χ0) is 13.7. The van der Waals surface area contributed by atoms with Crippen molar-refractivity contribution >= 4 is 11.8 Å². The average molecular weight is 260 g/mol. The maximum absolute atomic E-state index is 12.5. The third-order valence-electron chi connectivity index (χ3n) is 3.92. The number of methoxy groups -OCH3 is 1. The van der Waals surface area contributed by atoms with E-state index in [0.717, 1.165) is 25.7 Å². The van der Waals surface area contributed by atoms with Gasteiger partial charge in [0.15, 0.2) is 5.78 Å². The number of Topliss-reactive ketones (excluding diaryl/α,β-unsaturated/α-hetero) is 1. The maximum atomic E-state index is 12.5. The summed E-state index contributed by atoms with van der Waals surface area (Å²) in [6.07, 6.45) is 5.28. The van der Waals surface area contributed by atoms with Gasteiger partial charge >= 0.3 is 5.97 Å². The van der Waals surface area contributed by atoms with Crippen LogP contribution in [-0.2, 0) is 9.53 Å². The summed E-state index contributed by atoms with van der Waals surface area (Å²) in [6, 6.07) is 9.04. The monoisotopic (exact) mass is 260 g/mol. The summed E-state index contributed by atoms with van der Waals surface area (Å²) in [5.74, 6) is -0.985. The number of rotatable bonds is 4. The molecule has 1 saturated carbocycles. The van der Waals surface area contributed by atoms with Gasteiger partial charge in [-0.1, -0.05) is 49.6 Å². The molecule has 0 N–H and O–H groups in total. The summed E-state index contributed by atoms with van der Waals surface area (Å²) >= 11 is 0. The molecule has 1 aromatic rings. The van der Waals surface area contributed by atoms with Crippen LogP contribution in [0.2, 0.25) is 0 Å². The molecule has 1 aliphatic rings. The summed E-state index contributed by atoms with van der Waals surface area (Å²) in [4.78, 5) is 24.5. The van der Waals surface area contributed by atoms with Crippen LogP contribution in [-0.4, -0.2) is 18.9 Å². The molecule has 0 aliphatic heterocycles. The molecular weight excluding hydrogens is 240 g/mol. The van der Waals surface area contributed by atoms with Crippen LogP contribution in [0, 0.1) is 11.8 Å². The first-order valence-electron chi connectivity index (χ1n) is 6.91. The highest BCUT2D eigenvalue weighted by Crippen LogP contribution is 2.32. The first-order chi connectivity index (χ1) is 9.24. The molecule has 0 radical (unpaired) electrons. The number of benzene rings is 1. The van der Waals surface area contributed by atoms with Gasteiger partial charge in [0.05, 0.1) is 7.11 Å². The number of hydrogen-bond acceptors (Lipinski definition) is 3. The minimum atomic E-state index is -0.632. The smallest absolute Gasteiger partial charge is 0.316 e. The van der Waals surface area contributed by atoms with E-state index >= 15 is 0 Å². The SMILES string of the molecule is COC(=O)C(C(=O)c1ccccc1)C1CCCCC1. The van der Waals surface area contributed by atoms with Gasteiger partial charge in [-0.3, -0.25) is 9.59 Å². The lowest BCUT2D eigenvalue weighted by molar-refractivity contribution is -0.145. The van der Waals surface area contributed by atoms with E-state index in [1.54, 1.807) is 12.1 Å². The molecule has 2 rings (SSSR count). The molecule has 3 nitrogen and oxygen atoms in total. The lowest BCUT2D eigenvalue weighted by Crippen LogP contribution is -2.33.